The average Bonchev–Trinajstić information content (AvgIpc) is 2.57. The highest BCUT2D eigenvalue weighted by atomic mass is 16.5. The predicted octanol–water partition coefficient (Wildman–Crippen LogP) is 2.93. The molecule has 1 aliphatic rings. The zero-order valence-electron chi connectivity index (χ0n) is 10.7. The minimum Gasteiger partial charge on any atom is -0.481 e. The number of rotatable bonds is 3. The van der Waals surface area contributed by atoms with Gasteiger partial charge in [-0.3, -0.25) is 0 Å². The Bertz CT molecular complexity index is 360. The molecule has 0 unspecified atom stereocenters. The van der Waals surface area contributed by atoms with Crippen molar-refractivity contribution in [3.05, 3.63) is 11.8 Å². The van der Waals surface area contributed by atoms with Gasteiger partial charge in [-0.2, -0.15) is 4.98 Å². The lowest BCUT2D eigenvalue weighted by molar-refractivity contribution is 0.396. The summed E-state index contributed by atoms with van der Waals surface area (Å²) in [5.41, 5.74) is 0.938. The molecule has 0 aromatic carbocycles. The van der Waals surface area contributed by atoms with Crippen LogP contribution in [0.1, 0.15) is 44.2 Å². The first-order chi connectivity index (χ1) is 8.28. The minimum absolute atomic E-state index is 0.518. The Kier molecular flexibility index (Phi) is 4.18. The second kappa shape index (κ2) is 5.84. The summed E-state index contributed by atoms with van der Waals surface area (Å²) in [4.78, 5) is 8.74. The number of nitrogens with zero attached hydrogens (tertiary/aromatic N) is 2. The number of nitrogens with one attached hydrogen (secondary N) is 1. The Balaban J connectivity index is 2.03. The highest BCUT2D eigenvalue weighted by Crippen LogP contribution is 2.20. The third-order valence-electron chi connectivity index (χ3n) is 3.23. The smallest absolute Gasteiger partial charge is 0.226 e. The number of methoxy groups -OCH3 is 1. The fourth-order valence-corrected chi connectivity index (χ4v) is 2.32. The zero-order valence-corrected chi connectivity index (χ0v) is 10.7. The van der Waals surface area contributed by atoms with Crippen molar-refractivity contribution in [3.63, 3.8) is 0 Å². The molecule has 4 heteroatoms. The van der Waals surface area contributed by atoms with Crippen molar-refractivity contribution in [2.75, 3.05) is 12.4 Å². The van der Waals surface area contributed by atoms with E-state index < -0.39 is 0 Å². The van der Waals surface area contributed by atoms with Crippen LogP contribution < -0.4 is 10.1 Å². The first-order valence-electron chi connectivity index (χ1n) is 6.44. The van der Waals surface area contributed by atoms with Crippen molar-refractivity contribution >= 4 is 5.95 Å². The van der Waals surface area contributed by atoms with Crippen molar-refractivity contribution < 1.29 is 4.74 Å². The molecule has 1 heterocycles. The lowest BCUT2D eigenvalue weighted by Crippen LogP contribution is -2.20. The van der Waals surface area contributed by atoms with Gasteiger partial charge in [0.1, 0.15) is 0 Å². The fraction of sp³-hybridized carbons (Fsp3) is 0.692. The molecule has 0 spiro atoms. The van der Waals surface area contributed by atoms with E-state index in [1.807, 2.05) is 13.0 Å². The minimum atomic E-state index is 0.518. The number of hydrogen-bond donors (Lipinski definition) is 1. The van der Waals surface area contributed by atoms with E-state index in [0.717, 1.165) is 5.69 Å². The summed E-state index contributed by atoms with van der Waals surface area (Å²) in [6.07, 6.45) is 7.77. The molecule has 4 nitrogen and oxygen atoms in total. The number of aryl methyl sites for hydroxylation is 1. The molecule has 1 saturated carbocycles. The molecule has 0 aliphatic heterocycles. The molecule has 1 N–H and O–H groups in total. The Hall–Kier alpha value is -1.32. The summed E-state index contributed by atoms with van der Waals surface area (Å²) in [5.74, 6) is 1.34. The molecular formula is C13H21N3O. The van der Waals surface area contributed by atoms with Crippen LogP contribution in [-0.4, -0.2) is 23.1 Å². The zero-order chi connectivity index (χ0) is 12.1. The third kappa shape index (κ3) is 3.58. The van der Waals surface area contributed by atoms with Crippen molar-refractivity contribution in [3.8, 4) is 5.88 Å². The van der Waals surface area contributed by atoms with Gasteiger partial charge in [0, 0.05) is 17.8 Å². The summed E-state index contributed by atoms with van der Waals surface area (Å²) in [6, 6.07) is 2.36. The van der Waals surface area contributed by atoms with Crippen LogP contribution in [0, 0.1) is 6.92 Å². The number of hydrogen-bond acceptors (Lipinski definition) is 4. The molecule has 1 aromatic heterocycles. The van der Waals surface area contributed by atoms with Crippen LogP contribution in [0.15, 0.2) is 6.07 Å². The van der Waals surface area contributed by atoms with Gasteiger partial charge in [0.25, 0.3) is 0 Å². The normalized spacial score (nSPS) is 17.5. The maximum Gasteiger partial charge on any atom is 0.226 e. The molecule has 1 aliphatic carbocycles. The van der Waals surface area contributed by atoms with Crippen molar-refractivity contribution in [1.82, 2.24) is 9.97 Å². The van der Waals surface area contributed by atoms with Crippen molar-refractivity contribution in [2.24, 2.45) is 0 Å². The van der Waals surface area contributed by atoms with Gasteiger partial charge in [0.2, 0.25) is 11.8 Å². The molecule has 0 saturated heterocycles. The van der Waals surface area contributed by atoms with E-state index in [9.17, 15) is 0 Å². The average molecular weight is 235 g/mol. The molecule has 1 fully saturated rings. The van der Waals surface area contributed by atoms with E-state index in [-0.39, 0.29) is 0 Å². The molecule has 1 aromatic rings. The third-order valence-corrected chi connectivity index (χ3v) is 3.23. The molecule has 0 bridgehead atoms. The second-order valence-electron chi connectivity index (χ2n) is 4.71. The van der Waals surface area contributed by atoms with Crippen LogP contribution in [0.25, 0.3) is 0 Å². The van der Waals surface area contributed by atoms with Gasteiger partial charge < -0.3 is 10.1 Å². The molecule has 17 heavy (non-hydrogen) atoms. The molecule has 0 radical (unpaired) electrons. The standard InChI is InChI=1S/C13H21N3O/c1-10-9-12(17-2)16-13(14-10)15-11-7-5-3-4-6-8-11/h9,11H,3-8H2,1-2H3,(H,14,15,16). The topological polar surface area (TPSA) is 47.0 Å². The Morgan fingerprint density at radius 1 is 1.18 bits per heavy atom. The summed E-state index contributed by atoms with van der Waals surface area (Å²) in [5, 5.41) is 3.43. The molecular weight excluding hydrogens is 214 g/mol. The van der Waals surface area contributed by atoms with Crippen LogP contribution in [0.4, 0.5) is 5.95 Å². The van der Waals surface area contributed by atoms with E-state index in [2.05, 4.69) is 15.3 Å². The van der Waals surface area contributed by atoms with Crippen LogP contribution in [0.2, 0.25) is 0 Å². The van der Waals surface area contributed by atoms with E-state index in [1.54, 1.807) is 7.11 Å². The van der Waals surface area contributed by atoms with E-state index in [0.29, 0.717) is 17.9 Å². The SMILES string of the molecule is COc1cc(C)nc(NC2CCCCCC2)n1. The van der Waals surface area contributed by atoms with Gasteiger partial charge in [-0.15, -0.1) is 0 Å². The lowest BCUT2D eigenvalue weighted by Gasteiger charge is -2.16. The Morgan fingerprint density at radius 2 is 1.88 bits per heavy atom. The summed E-state index contributed by atoms with van der Waals surface area (Å²) in [7, 11) is 1.64. The maximum absolute atomic E-state index is 5.16. The number of aromatic nitrogens is 2. The number of ether oxygens (including phenoxy) is 1. The largest absolute Gasteiger partial charge is 0.481 e. The summed E-state index contributed by atoms with van der Waals surface area (Å²) < 4.78 is 5.16. The molecule has 0 atom stereocenters. The van der Waals surface area contributed by atoms with Crippen LogP contribution in [0.5, 0.6) is 5.88 Å². The summed E-state index contributed by atoms with van der Waals surface area (Å²) in [6.45, 7) is 1.96. The Morgan fingerprint density at radius 3 is 2.53 bits per heavy atom. The van der Waals surface area contributed by atoms with Gasteiger partial charge in [-0.25, -0.2) is 4.98 Å². The van der Waals surface area contributed by atoms with Crippen LogP contribution in [0.3, 0.4) is 0 Å². The molecule has 2 rings (SSSR count). The van der Waals surface area contributed by atoms with Gasteiger partial charge in [-0.05, 0) is 19.8 Å². The predicted molar refractivity (Wildman–Crippen MR) is 68.4 cm³/mol. The molecule has 0 amide bonds. The van der Waals surface area contributed by atoms with Gasteiger partial charge in [0.15, 0.2) is 0 Å². The van der Waals surface area contributed by atoms with E-state index in [1.165, 1.54) is 38.5 Å². The Labute approximate surface area is 103 Å². The van der Waals surface area contributed by atoms with E-state index >= 15 is 0 Å². The van der Waals surface area contributed by atoms with Crippen molar-refractivity contribution in [2.45, 2.75) is 51.5 Å². The molecule has 94 valence electrons. The first kappa shape index (κ1) is 12.1. The second-order valence-corrected chi connectivity index (χ2v) is 4.71. The first-order valence-corrected chi connectivity index (χ1v) is 6.44. The highest BCUT2D eigenvalue weighted by Gasteiger charge is 2.13. The van der Waals surface area contributed by atoms with Crippen molar-refractivity contribution in [1.29, 1.82) is 0 Å². The monoisotopic (exact) mass is 235 g/mol. The summed E-state index contributed by atoms with van der Waals surface area (Å²) >= 11 is 0. The lowest BCUT2D eigenvalue weighted by atomic mass is 10.1. The maximum atomic E-state index is 5.16. The quantitative estimate of drug-likeness (QED) is 0.818. The van der Waals surface area contributed by atoms with Crippen LogP contribution >= 0.6 is 0 Å². The van der Waals surface area contributed by atoms with Gasteiger partial charge in [-0.1, -0.05) is 25.7 Å². The highest BCUT2D eigenvalue weighted by molar-refractivity contribution is 5.31. The van der Waals surface area contributed by atoms with E-state index in [4.69, 9.17) is 4.74 Å². The fourth-order valence-electron chi connectivity index (χ4n) is 2.32. The van der Waals surface area contributed by atoms with Gasteiger partial charge in [0.05, 0.1) is 7.11 Å². The van der Waals surface area contributed by atoms with Crippen LogP contribution in [-0.2, 0) is 0 Å². The number of anilines is 1. The van der Waals surface area contributed by atoms with Gasteiger partial charge >= 0.3 is 0 Å².